The van der Waals surface area contributed by atoms with Gasteiger partial charge in [-0.05, 0) is 36.8 Å². The predicted octanol–water partition coefficient (Wildman–Crippen LogP) is 2.08. The molecule has 1 aliphatic rings. The highest BCUT2D eigenvalue weighted by Gasteiger charge is 2.22. The van der Waals surface area contributed by atoms with E-state index in [9.17, 15) is 9.59 Å². The van der Waals surface area contributed by atoms with Gasteiger partial charge in [-0.15, -0.1) is 0 Å². The predicted molar refractivity (Wildman–Crippen MR) is 105 cm³/mol. The first-order valence-corrected chi connectivity index (χ1v) is 9.09. The van der Waals surface area contributed by atoms with E-state index in [-0.39, 0.29) is 18.4 Å². The Morgan fingerprint density at radius 3 is 2.48 bits per heavy atom. The Balaban J connectivity index is 1.50. The van der Waals surface area contributed by atoms with Crippen molar-refractivity contribution >= 4 is 17.5 Å². The molecule has 2 aromatic rings. The molecule has 6 nitrogen and oxygen atoms in total. The zero-order chi connectivity index (χ0) is 19.2. The summed E-state index contributed by atoms with van der Waals surface area (Å²) in [5.74, 6) is 0.121. The molecule has 2 aromatic carbocycles. The Bertz CT molecular complexity index is 814. The first-order valence-electron chi connectivity index (χ1n) is 9.09. The number of nitrogens with zero attached hydrogens (tertiary/aromatic N) is 2. The minimum Gasteiger partial charge on any atom is -0.496 e. The van der Waals surface area contributed by atoms with Gasteiger partial charge in [0, 0.05) is 31.9 Å². The molecule has 0 spiro atoms. The van der Waals surface area contributed by atoms with Gasteiger partial charge in [0.2, 0.25) is 5.91 Å². The number of methoxy groups -OCH3 is 1. The Labute approximate surface area is 159 Å². The molecule has 6 heteroatoms. The normalized spacial score (nSPS) is 14.0. The van der Waals surface area contributed by atoms with E-state index in [1.165, 1.54) is 18.4 Å². The molecule has 0 aliphatic carbocycles. The van der Waals surface area contributed by atoms with Crippen LogP contribution in [0.3, 0.4) is 0 Å². The Hall–Kier alpha value is -3.02. The number of carbonyl (C=O) groups excluding carboxylic acids is 2. The molecule has 2 amide bonds. The van der Waals surface area contributed by atoms with Gasteiger partial charge < -0.3 is 19.9 Å². The largest absolute Gasteiger partial charge is 0.496 e. The number of hydrogen-bond donors (Lipinski definition) is 1. The Kier molecular flexibility index (Phi) is 5.96. The van der Waals surface area contributed by atoms with Gasteiger partial charge in [0.15, 0.2) is 0 Å². The summed E-state index contributed by atoms with van der Waals surface area (Å²) in [6, 6.07) is 15.4. The minimum atomic E-state index is -0.306. The molecule has 0 bridgehead atoms. The molecule has 0 radical (unpaired) electrons. The van der Waals surface area contributed by atoms with Crippen molar-refractivity contribution < 1.29 is 14.3 Å². The fraction of sp³-hybridized carbons (Fsp3) is 0.333. The van der Waals surface area contributed by atoms with E-state index in [4.69, 9.17) is 4.74 Å². The SMILES string of the molecule is COc1ccccc1C(=O)NCC(=O)N1CCN(c2cccc(C)c2)CC1. The lowest BCUT2D eigenvalue weighted by Gasteiger charge is -2.36. The molecule has 1 N–H and O–H groups in total. The van der Waals surface area contributed by atoms with Gasteiger partial charge in [-0.1, -0.05) is 24.3 Å². The van der Waals surface area contributed by atoms with Crippen LogP contribution >= 0.6 is 0 Å². The van der Waals surface area contributed by atoms with E-state index in [0.29, 0.717) is 24.4 Å². The summed E-state index contributed by atoms with van der Waals surface area (Å²) >= 11 is 0. The van der Waals surface area contributed by atoms with Gasteiger partial charge in [0.1, 0.15) is 5.75 Å². The number of para-hydroxylation sites is 1. The summed E-state index contributed by atoms with van der Waals surface area (Å²) in [6.45, 7) is 4.94. The molecule has 1 saturated heterocycles. The maximum atomic E-state index is 12.4. The van der Waals surface area contributed by atoms with E-state index in [1.807, 2.05) is 0 Å². The van der Waals surface area contributed by atoms with Crippen molar-refractivity contribution in [1.29, 1.82) is 0 Å². The summed E-state index contributed by atoms with van der Waals surface area (Å²) in [4.78, 5) is 28.8. The smallest absolute Gasteiger partial charge is 0.255 e. The van der Waals surface area contributed by atoms with Crippen LogP contribution in [-0.2, 0) is 4.79 Å². The summed E-state index contributed by atoms with van der Waals surface area (Å²) in [7, 11) is 1.52. The number of hydrogen-bond acceptors (Lipinski definition) is 4. The number of rotatable bonds is 5. The van der Waals surface area contributed by atoms with Crippen LogP contribution in [0.4, 0.5) is 5.69 Å². The maximum Gasteiger partial charge on any atom is 0.255 e. The highest BCUT2D eigenvalue weighted by molar-refractivity contribution is 5.98. The van der Waals surface area contributed by atoms with Crippen molar-refractivity contribution in [1.82, 2.24) is 10.2 Å². The van der Waals surface area contributed by atoms with Crippen molar-refractivity contribution in [3.63, 3.8) is 0 Å². The van der Waals surface area contributed by atoms with Crippen LogP contribution in [0.25, 0.3) is 0 Å². The van der Waals surface area contributed by atoms with Crippen LogP contribution in [0.5, 0.6) is 5.75 Å². The summed E-state index contributed by atoms with van der Waals surface area (Å²) in [5.41, 5.74) is 2.84. The second kappa shape index (κ2) is 8.58. The first kappa shape index (κ1) is 18.8. The van der Waals surface area contributed by atoms with Crippen LogP contribution in [0.15, 0.2) is 48.5 Å². The average Bonchev–Trinajstić information content (AvgIpc) is 2.71. The Morgan fingerprint density at radius 1 is 1.04 bits per heavy atom. The van der Waals surface area contributed by atoms with Crippen molar-refractivity contribution in [3.8, 4) is 5.75 Å². The van der Waals surface area contributed by atoms with E-state index < -0.39 is 0 Å². The number of amides is 2. The molecule has 0 unspecified atom stereocenters. The Morgan fingerprint density at radius 2 is 1.78 bits per heavy atom. The molecule has 0 atom stereocenters. The monoisotopic (exact) mass is 367 g/mol. The quantitative estimate of drug-likeness (QED) is 0.879. The lowest BCUT2D eigenvalue weighted by atomic mass is 10.2. The minimum absolute atomic E-state index is 0.0126. The summed E-state index contributed by atoms with van der Waals surface area (Å²) in [6.07, 6.45) is 0. The van der Waals surface area contributed by atoms with Crippen LogP contribution in [-0.4, -0.2) is 56.5 Å². The molecule has 0 aromatic heterocycles. The molecular weight excluding hydrogens is 342 g/mol. The van der Waals surface area contributed by atoms with Gasteiger partial charge in [-0.2, -0.15) is 0 Å². The first-order chi connectivity index (χ1) is 13.1. The summed E-state index contributed by atoms with van der Waals surface area (Å²) < 4.78 is 5.19. The number of carbonyl (C=O) groups is 2. The molecule has 3 rings (SSSR count). The van der Waals surface area contributed by atoms with Crippen LogP contribution in [0, 0.1) is 6.92 Å². The number of benzene rings is 2. The number of piperazine rings is 1. The van der Waals surface area contributed by atoms with Gasteiger partial charge >= 0.3 is 0 Å². The molecular formula is C21H25N3O3. The third kappa shape index (κ3) is 4.58. The second-order valence-electron chi connectivity index (χ2n) is 6.59. The van der Waals surface area contributed by atoms with Crippen molar-refractivity contribution in [2.45, 2.75) is 6.92 Å². The van der Waals surface area contributed by atoms with Crippen LogP contribution < -0.4 is 15.0 Å². The third-order valence-corrected chi connectivity index (χ3v) is 4.75. The lowest BCUT2D eigenvalue weighted by Crippen LogP contribution is -2.51. The van der Waals surface area contributed by atoms with E-state index in [1.54, 1.807) is 29.2 Å². The molecule has 1 fully saturated rings. The summed E-state index contributed by atoms with van der Waals surface area (Å²) in [5, 5.41) is 2.70. The van der Waals surface area contributed by atoms with Crippen molar-refractivity contribution in [2.75, 3.05) is 44.7 Å². The topological polar surface area (TPSA) is 61.9 Å². The molecule has 142 valence electrons. The highest BCUT2D eigenvalue weighted by Crippen LogP contribution is 2.18. The number of ether oxygens (including phenoxy) is 1. The van der Waals surface area contributed by atoms with Crippen LogP contribution in [0.1, 0.15) is 15.9 Å². The van der Waals surface area contributed by atoms with E-state index >= 15 is 0 Å². The van der Waals surface area contributed by atoms with Gasteiger partial charge in [-0.3, -0.25) is 9.59 Å². The fourth-order valence-corrected chi connectivity index (χ4v) is 3.23. The molecule has 1 aliphatic heterocycles. The molecule has 27 heavy (non-hydrogen) atoms. The number of anilines is 1. The van der Waals surface area contributed by atoms with E-state index in [2.05, 4.69) is 41.4 Å². The standard InChI is InChI=1S/C21H25N3O3/c1-16-6-5-7-17(14-16)23-10-12-24(13-11-23)20(25)15-22-21(26)18-8-3-4-9-19(18)27-2/h3-9,14H,10-13,15H2,1-2H3,(H,22,26). The van der Waals surface area contributed by atoms with Gasteiger partial charge in [0.25, 0.3) is 5.91 Å². The fourth-order valence-electron chi connectivity index (χ4n) is 3.23. The third-order valence-electron chi connectivity index (χ3n) is 4.75. The maximum absolute atomic E-state index is 12.4. The van der Waals surface area contributed by atoms with Crippen molar-refractivity contribution in [2.24, 2.45) is 0 Å². The molecule has 1 heterocycles. The number of aryl methyl sites for hydroxylation is 1. The zero-order valence-electron chi connectivity index (χ0n) is 15.8. The zero-order valence-corrected chi connectivity index (χ0v) is 15.8. The number of nitrogens with one attached hydrogen (secondary N) is 1. The van der Waals surface area contributed by atoms with Crippen LogP contribution in [0.2, 0.25) is 0 Å². The lowest BCUT2D eigenvalue weighted by molar-refractivity contribution is -0.130. The second-order valence-corrected chi connectivity index (χ2v) is 6.59. The molecule has 0 saturated carbocycles. The average molecular weight is 367 g/mol. The van der Waals surface area contributed by atoms with E-state index in [0.717, 1.165) is 13.1 Å². The highest BCUT2D eigenvalue weighted by atomic mass is 16.5. The van der Waals surface area contributed by atoms with Gasteiger partial charge in [-0.25, -0.2) is 0 Å². The van der Waals surface area contributed by atoms with Gasteiger partial charge in [0.05, 0.1) is 19.2 Å². The van der Waals surface area contributed by atoms with Crippen molar-refractivity contribution in [3.05, 3.63) is 59.7 Å².